The summed E-state index contributed by atoms with van der Waals surface area (Å²) in [4.78, 5) is 18.6. The fraction of sp³-hybridized carbons (Fsp3) is 0.400. The highest BCUT2D eigenvalue weighted by molar-refractivity contribution is 7.99. The second-order valence-corrected chi connectivity index (χ2v) is 5.14. The molecular weight excluding hydrogens is 254 g/mol. The first-order valence-electron chi connectivity index (χ1n) is 5.55. The quantitative estimate of drug-likeness (QED) is 0.622. The first-order valence-corrected chi connectivity index (χ1v) is 6.36. The van der Waals surface area contributed by atoms with Gasteiger partial charge in [-0.1, -0.05) is 0 Å². The van der Waals surface area contributed by atoms with Gasteiger partial charge in [-0.15, -0.1) is 0 Å². The van der Waals surface area contributed by atoms with E-state index in [4.69, 9.17) is 0 Å². The van der Waals surface area contributed by atoms with E-state index in [2.05, 4.69) is 14.5 Å². The van der Waals surface area contributed by atoms with E-state index in [-0.39, 0.29) is 5.82 Å². The van der Waals surface area contributed by atoms with E-state index < -0.39 is 4.92 Å². The van der Waals surface area contributed by atoms with Crippen LogP contribution in [0.2, 0.25) is 0 Å². The molecule has 3 rings (SSSR count). The number of hydrogen-bond acceptors (Lipinski definition) is 5. The van der Waals surface area contributed by atoms with Crippen LogP contribution in [-0.4, -0.2) is 24.0 Å². The minimum Gasteiger partial charge on any atom is -0.358 e. The molecule has 0 radical (unpaired) electrons. The zero-order valence-corrected chi connectivity index (χ0v) is 10.6. The van der Waals surface area contributed by atoms with Crippen molar-refractivity contribution in [2.45, 2.75) is 29.4 Å². The summed E-state index contributed by atoms with van der Waals surface area (Å²) in [7, 11) is 1.74. The van der Waals surface area contributed by atoms with Gasteiger partial charge in [-0.05, 0) is 28.1 Å². The van der Waals surface area contributed by atoms with Gasteiger partial charge in [0.05, 0.1) is 0 Å². The molecule has 0 aromatic carbocycles. The Bertz CT molecular complexity index is 596. The maximum Gasteiger partial charge on any atom is 0.396 e. The monoisotopic (exact) mass is 265 g/mol. The fourth-order valence-corrected chi connectivity index (χ4v) is 2.97. The van der Waals surface area contributed by atoms with Gasteiger partial charge in [0.15, 0.2) is 5.03 Å². The standard InChI is InChI=1S/C10H11N5O2S/c1-13-6-11-9(15(16)17)10(13)18-8-5-14-4-2-3-7(14)12-8/h5-6H,2-4H2,1H3. The van der Waals surface area contributed by atoms with Crippen molar-refractivity contribution in [3.63, 3.8) is 0 Å². The van der Waals surface area contributed by atoms with E-state index in [0.717, 1.165) is 30.2 Å². The topological polar surface area (TPSA) is 78.8 Å². The molecule has 0 saturated carbocycles. The van der Waals surface area contributed by atoms with Gasteiger partial charge in [0, 0.05) is 26.2 Å². The Morgan fingerprint density at radius 1 is 1.56 bits per heavy atom. The summed E-state index contributed by atoms with van der Waals surface area (Å²) in [5, 5.41) is 12.2. The average Bonchev–Trinajstić information content (AvgIpc) is 2.94. The van der Waals surface area contributed by atoms with Gasteiger partial charge in [-0.2, -0.15) is 0 Å². The fourth-order valence-electron chi connectivity index (χ4n) is 2.03. The molecule has 0 aliphatic carbocycles. The highest BCUT2D eigenvalue weighted by Crippen LogP contribution is 2.33. The summed E-state index contributed by atoms with van der Waals surface area (Å²) in [5.41, 5.74) is 0. The van der Waals surface area contributed by atoms with Crippen LogP contribution in [-0.2, 0) is 20.0 Å². The summed E-state index contributed by atoms with van der Waals surface area (Å²) in [6.07, 6.45) is 5.50. The lowest BCUT2D eigenvalue weighted by Gasteiger charge is -1.98. The summed E-state index contributed by atoms with van der Waals surface area (Å²) in [6.45, 7) is 0.983. The molecule has 0 N–H and O–H groups in total. The Balaban J connectivity index is 1.92. The Morgan fingerprint density at radius 2 is 2.39 bits per heavy atom. The zero-order valence-electron chi connectivity index (χ0n) is 9.74. The van der Waals surface area contributed by atoms with Gasteiger partial charge in [-0.25, -0.2) is 4.98 Å². The average molecular weight is 265 g/mol. The van der Waals surface area contributed by atoms with Gasteiger partial charge in [0.25, 0.3) is 0 Å². The third kappa shape index (κ3) is 1.78. The second kappa shape index (κ2) is 4.13. The van der Waals surface area contributed by atoms with Crippen LogP contribution < -0.4 is 0 Å². The van der Waals surface area contributed by atoms with Crippen LogP contribution >= 0.6 is 11.8 Å². The van der Waals surface area contributed by atoms with Gasteiger partial charge in [0.2, 0.25) is 6.33 Å². The van der Waals surface area contributed by atoms with Crippen molar-refractivity contribution in [1.82, 2.24) is 19.1 Å². The maximum atomic E-state index is 10.9. The second-order valence-electron chi connectivity index (χ2n) is 4.14. The Kier molecular flexibility index (Phi) is 2.58. The molecule has 94 valence electrons. The highest BCUT2D eigenvalue weighted by atomic mass is 32.2. The third-order valence-corrected chi connectivity index (χ3v) is 3.95. The van der Waals surface area contributed by atoms with Crippen molar-refractivity contribution < 1.29 is 4.92 Å². The number of rotatable bonds is 3. The maximum absolute atomic E-state index is 10.9. The number of aryl methyl sites for hydroxylation is 3. The van der Waals surface area contributed by atoms with Crippen molar-refractivity contribution in [3.8, 4) is 0 Å². The molecule has 0 saturated heterocycles. The minimum absolute atomic E-state index is 0.115. The number of imidazole rings is 2. The molecule has 3 heterocycles. The van der Waals surface area contributed by atoms with Crippen LogP contribution in [0.4, 0.5) is 5.82 Å². The molecule has 0 fully saturated rings. The summed E-state index contributed by atoms with van der Waals surface area (Å²) < 4.78 is 3.75. The van der Waals surface area contributed by atoms with E-state index in [1.165, 1.54) is 18.1 Å². The summed E-state index contributed by atoms with van der Waals surface area (Å²) in [5.74, 6) is 0.943. The molecule has 0 amide bonds. The molecule has 0 unspecified atom stereocenters. The molecule has 0 atom stereocenters. The molecule has 7 nitrogen and oxygen atoms in total. The highest BCUT2D eigenvalue weighted by Gasteiger charge is 2.23. The van der Waals surface area contributed by atoms with Gasteiger partial charge < -0.3 is 19.2 Å². The predicted octanol–water partition coefficient (Wildman–Crippen LogP) is 1.62. The number of aromatic nitrogens is 4. The van der Waals surface area contributed by atoms with Gasteiger partial charge >= 0.3 is 5.82 Å². The number of nitro groups is 1. The smallest absolute Gasteiger partial charge is 0.358 e. The molecule has 1 aliphatic heterocycles. The lowest BCUT2D eigenvalue weighted by molar-refractivity contribution is -0.392. The Labute approximate surface area is 107 Å². The van der Waals surface area contributed by atoms with Gasteiger partial charge in [0.1, 0.15) is 10.9 Å². The van der Waals surface area contributed by atoms with E-state index in [1.54, 1.807) is 11.6 Å². The molecular formula is C10H11N5O2S. The first kappa shape index (κ1) is 11.3. The molecule has 0 spiro atoms. The number of fused-ring (bicyclic) bond motifs is 1. The van der Waals surface area contributed by atoms with Crippen molar-refractivity contribution in [1.29, 1.82) is 0 Å². The van der Waals surface area contributed by atoms with Crippen molar-refractivity contribution in [2.75, 3.05) is 0 Å². The third-order valence-electron chi connectivity index (χ3n) is 2.88. The van der Waals surface area contributed by atoms with Crippen molar-refractivity contribution >= 4 is 17.6 Å². The zero-order chi connectivity index (χ0) is 12.7. The van der Waals surface area contributed by atoms with Crippen molar-refractivity contribution in [3.05, 3.63) is 28.5 Å². The minimum atomic E-state index is -0.466. The van der Waals surface area contributed by atoms with Gasteiger partial charge in [-0.3, -0.25) is 0 Å². The van der Waals surface area contributed by atoms with E-state index >= 15 is 0 Å². The molecule has 0 bridgehead atoms. The van der Waals surface area contributed by atoms with Crippen LogP contribution in [0.5, 0.6) is 0 Å². The van der Waals surface area contributed by atoms with Crippen LogP contribution in [0.25, 0.3) is 0 Å². The molecule has 18 heavy (non-hydrogen) atoms. The van der Waals surface area contributed by atoms with Crippen LogP contribution in [0.1, 0.15) is 12.2 Å². The van der Waals surface area contributed by atoms with E-state index in [0.29, 0.717) is 5.03 Å². The Morgan fingerprint density at radius 3 is 3.11 bits per heavy atom. The largest absolute Gasteiger partial charge is 0.396 e. The summed E-state index contributed by atoms with van der Waals surface area (Å²) in [6, 6.07) is 0. The van der Waals surface area contributed by atoms with E-state index in [1.807, 2.05) is 6.20 Å². The van der Waals surface area contributed by atoms with E-state index in [9.17, 15) is 10.1 Å². The summed E-state index contributed by atoms with van der Waals surface area (Å²) >= 11 is 1.29. The number of hydrogen-bond donors (Lipinski definition) is 0. The predicted molar refractivity (Wildman–Crippen MR) is 64.5 cm³/mol. The molecule has 2 aromatic rings. The van der Waals surface area contributed by atoms with Crippen molar-refractivity contribution in [2.24, 2.45) is 7.05 Å². The number of nitrogens with zero attached hydrogens (tertiary/aromatic N) is 5. The van der Waals surface area contributed by atoms with Crippen LogP contribution in [0.3, 0.4) is 0 Å². The first-order chi connectivity index (χ1) is 8.65. The molecule has 8 heteroatoms. The molecule has 1 aliphatic rings. The van der Waals surface area contributed by atoms with Crippen LogP contribution in [0.15, 0.2) is 22.6 Å². The lowest BCUT2D eigenvalue weighted by atomic mass is 10.4. The normalized spacial score (nSPS) is 13.8. The molecule has 2 aromatic heterocycles. The van der Waals surface area contributed by atoms with Crippen LogP contribution in [0, 0.1) is 10.1 Å². The Hall–Kier alpha value is -1.83. The lowest BCUT2D eigenvalue weighted by Crippen LogP contribution is -1.93. The SMILES string of the molecule is Cn1cnc([N+](=O)[O-])c1Sc1cn2c(n1)CCC2.